The number of nitrogens with zero attached hydrogens (tertiary/aromatic N) is 1. The van der Waals surface area contributed by atoms with E-state index >= 15 is 0 Å². The quantitative estimate of drug-likeness (QED) is 0.0615. The fourth-order valence-electron chi connectivity index (χ4n) is 10.0. The SMILES string of the molecule is CC(=O)C1CCC(C(=O)OCOC(=O)C2CCC(C(=O)Oc3ccc(OC(=O)C4CCC(C(=O)OC(C)OC(=O)C5CCC(C(C)=O)CC5)CC4)c4nc(-c5cc6sccc6o5)sc34)CC2)CC1. The van der Waals surface area contributed by atoms with Gasteiger partial charge in [-0.3, -0.25) is 38.4 Å². The Morgan fingerprint density at radius 3 is 1.44 bits per heavy atom. The highest BCUT2D eigenvalue weighted by atomic mass is 32.1. The van der Waals surface area contributed by atoms with Crippen LogP contribution in [-0.2, 0) is 57.3 Å². The van der Waals surface area contributed by atoms with Crippen molar-refractivity contribution < 1.29 is 71.2 Å². The Bertz CT molecular complexity index is 2490. The Kier molecular flexibility index (Phi) is 15.7. The summed E-state index contributed by atoms with van der Waals surface area (Å²) in [5, 5.41) is 2.41. The molecule has 4 saturated carbocycles. The third kappa shape index (κ3) is 11.7. The van der Waals surface area contributed by atoms with E-state index in [4.69, 9.17) is 37.8 Å². The van der Waals surface area contributed by atoms with Gasteiger partial charge in [-0.05, 0) is 140 Å². The topological polar surface area (TPSA) is 218 Å². The molecule has 0 spiro atoms. The largest absolute Gasteiger partial charge is 0.453 e. The summed E-state index contributed by atoms with van der Waals surface area (Å²) in [7, 11) is 0. The van der Waals surface area contributed by atoms with E-state index in [2.05, 4.69) is 0 Å². The number of hydrogen-bond donors (Lipinski definition) is 0. The molecule has 4 aromatic rings. The van der Waals surface area contributed by atoms with Crippen molar-refractivity contribution in [3.05, 3.63) is 29.6 Å². The number of carbonyl (C=O) groups excluding carboxylic acids is 8. The number of aromatic nitrogens is 1. The highest BCUT2D eigenvalue weighted by Gasteiger charge is 2.37. The Labute approximate surface area is 401 Å². The van der Waals surface area contributed by atoms with Crippen LogP contribution < -0.4 is 9.47 Å². The fourth-order valence-corrected chi connectivity index (χ4v) is 11.7. The van der Waals surface area contributed by atoms with Crippen LogP contribution in [0.25, 0.3) is 31.3 Å². The number of benzene rings is 1. The van der Waals surface area contributed by atoms with Crippen molar-refractivity contribution >= 4 is 90.6 Å². The summed E-state index contributed by atoms with van der Waals surface area (Å²) in [5.74, 6) is -4.26. The molecule has 3 heterocycles. The number of thiazole rings is 1. The first-order valence-corrected chi connectivity index (χ1v) is 25.5. The van der Waals surface area contributed by atoms with Crippen LogP contribution in [0, 0.1) is 47.3 Å². The number of rotatable bonds is 15. The van der Waals surface area contributed by atoms with Gasteiger partial charge >= 0.3 is 35.8 Å². The first-order chi connectivity index (χ1) is 32.7. The second kappa shape index (κ2) is 21.9. The molecule has 4 aliphatic rings. The van der Waals surface area contributed by atoms with E-state index in [1.165, 1.54) is 29.6 Å². The van der Waals surface area contributed by atoms with E-state index in [9.17, 15) is 38.4 Å². The molecule has 1 aromatic carbocycles. The molecule has 4 aliphatic carbocycles. The van der Waals surface area contributed by atoms with E-state index in [0.29, 0.717) is 129 Å². The van der Waals surface area contributed by atoms with Crippen molar-refractivity contribution in [2.75, 3.05) is 6.79 Å². The van der Waals surface area contributed by atoms with Gasteiger partial charge in [0, 0.05) is 24.8 Å². The first kappa shape index (κ1) is 48.9. The van der Waals surface area contributed by atoms with E-state index < -0.39 is 72.6 Å². The standard InChI is InChI=1S/C50H57NO15S2/c1-26(52)29-4-8-31(9-5-29)45(54)60-25-61-46(55)32-12-14-36(15-13-32)50(59)66-39-21-20-38(42-43(39)68-44(51-42)40-24-41-37(64-40)22-23-67-41)65-49(58)35-18-16-34(17-19-35)48(57)63-28(3)62-47(56)33-10-6-30(7-11-33)27(2)53/h20-24,28-36H,4-19,25H2,1-3H3. The molecule has 364 valence electrons. The van der Waals surface area contributed by atoms with Crippen LogP contribution >= 0.6 is 22.7 Å². The lowest BCUT2D eigenvalue weighted by molar-refractivity contribution is -0.192. The molecule has 0 radical (unpaired) electrons. The lowest BCUT2D eigenvalue weighted by Gasteiger charge is -2.28. The molecule has 4 fully saturated rings. The maximum atomic E-state index is 13.7. The normalized spacial score (nSPS) is 25.7. The maximum absolute atomic E-state index is 13.7. The van der Waals surface area contributed by atoms with Crippen LogP contribution in [-0.4, -0.2) is 65.4 Å². The summed E-state index contributed by atoms with van der Waals surface area (Å²) in [6, 6.07) is 6.86. The maximum Gasteiger partial charge on any atom is 0.314 e. The minimum Gasteiger partial charge on any atom is -0.453 e. The minimum absolute atomic E-state index is 0.0182. The summed E-state index contributed by atoms with van der Waals surface area (Å²) >= 11 is 2.75. The third-order valence-corrected chi connectivity index (χ3v) is 16.2. The summed E-state index contributed by atoms with van der Waals surface area (Å²) in [5.41, 5.74) is 1.01. The Morgan fingerprint density at radius 2 is 0.985 bits per heavy atom. The second-order valence-electron chi connectivity index (χ2n) is 18.8. The molecular formula is C50H57NO15S2. The fraction of sp³-hybridized carbons (Fsp3) is 0.580. The molecule has 68 heavy (non-hydrogen) atoms. The van der Waals surface area contributed by atoms with Crippen LogP contribution in [0.4, 0.5) is 0 Å². The van der Waals surface area contributed by atoms with Crippen LogP contribution in [0.15, 0.2) is 34.1 Å². The molecule has 0 bridgehead atoms. The molecule has 1 unspecified atom stereocenters. The van der Waals surface area contributed by atoms with Crippen molar-refractivity contribution in [1.29, 1.82) is 0 Å². The predicted octanol–water partition coefficient (Wildman–Crippen LogP) is 9.46. The highest BCUT2D eigenvalue weighted by Crippen LogP contribution is 2.44. The number of fused-ring (bicyclic) bond motifs is 2. The number of ether oxygens (including phenoxy) is 6. The lowest BCUT2D eigenvalue weighted by atomic mass is 9.80. The average molecular weight is 976 g/mol. The van der Waals surface area contributed by atoms with Crippen LogP contribution in [0.3, 0.4) is 0 Å². The summed E-state index contributed by atoms with van der Waals surface area (Å²) in [6.07, 6.45) is 6.75. The monoisotopic (exact) mass is 975 g/mol. The average Bonchev–Trinajstić information content (AvgIpc) is 4.09. The number of furan rings is 1. The van der Waals surface area contributed by atoms with Gasteiger partial charge in [0.2, 0.25) is 13.1 Å². The smallest absolute Gasteiger partial charge is 0.314 e. The number of hydrogen-bond acceptors (Lipinski definition) is 18. The summed E-state index contributed by atoms with van der Waals surface area (Å²) < 4.78 is 41.0. The number of ketones is 2. The summed E-state index contributed by atoms with van der Waals surface area (Å²) in [6.45, 7) is 4.17. The molecule has 18 heteroatoms. The number of thiophene rings is 1. The Balaban J connectivity index is 0.836. The highest BCUT2D eigenvalue weighted by molar-refractivity contribution is 7.22. The van der Waals surface area contributed by atoms with Gasteiger partial charge in [-0.2, -0.15) is 0 Å². The van der Waals surface area contributed by atoms with Crippen molar-refractivity contribution in [1.82, 2.24) is 4.98 Å². The predicted molar refractivity (Wildman–Crippen MR) is 246 cm³/mol. The third-order valence-electron chi connectivity index (χ3n) is 14.3. The van der Waals surface area contributed by atoms with Gasteiger partial charge in [0.15, 0.2) is 22.3 Å². The molecule has 0 aliphatic heterocycles. The summed E-state index contributed by atoms with van der Waals surface area (Å²) in [4.78, 5) is 107. The molecule has 0 saturated heterocycles. The van der Waals surface area contributed by atoms with Crippen LogP contribution in [0.2, 0.25) is 0 Å². The van der Waals surface area contributed by atoms with Gasteiger partial charge < -0.3 is 32.8 Å². The van der Waals surface area contributed by atoms with E-state index in [0.717, 1.165) is 4.70 Å². The van der Waals surface area contributed by atoms with Crippen molar-refractivity contribution in [2.45, 2.75) is 130 Å². The number of Topliss-reactive ketones (excluding diaryl/α,β-unsaturated/α-hetero) is 2. The number of carbonyl (C=O) groups is 8. The van der Waals surface area contributed by atoms with Gasteiger partial charge in [-0.1, -0.05) is 0 Å². The van der Waals surface area contributed by atoms with Crippen molar-refractivity contribution in [3.63, 3.8) is 0 Å². The molecule has 1 atom stereocenters. The zero-order valence-electron chi connectivity index (χ0n) is 38.5. The molecule has 8 rings (SSSR count). The molecule has 0 N–H and O–H groups in total. The van der Waals surface area contributed by atoms with Gasteiger partial charge in [-0.15, -0.1) is 22.7 Å². The zero-order valence-corrected chi connectivity index (χ0v) is 40.1. The molecule has 3 aromatic heterocycles. The lowest BCUT2D eigenvalue weighted by Crippen LogP contribution is -2.33. The van der Waals surface area contributed by atoms with Crippen molar-refractivity contribution in [3.8, 4) is 22.3 Å². The van der Waals surface area contributed by atoms with E-state index in [1.54, 1.807) is 26.0 Å². The van der Waals surface area contributed by atoms with Crippen molar-refractivity contribution in [2.24, 2.45) is 47.3 Å². The van der Waals surface area contributed by atoms with Gasteiger partial charge in [0.25, 0.3) is 0 Å². The van der Waals surface area contributed by atoms with Gasteiger partial charge in [0.1, 0.15) is 27.4 Å². The van der Waals surface area contributed by atoms with Gasteiger partial charge in [-0.25, -0.2) is 4.98 Å². The zero-order chi connectivity index (χ0) is 48.1. The van der Waals surface area contributed by atoms with Crippen LogP contribution in [0.5, 0.6) is 11.5 Å². The van der Waals surface area contributed by atoms with E-state index in [-0.39, 0.29) is 46.7 Å². The molecule has 0 amide bonds. The van der Waals surface area contributed by atoms with E-state index in [1.807, 2.05) is 17.5 Å². The van der Waals surface area contributed by atoms with Crippen LogP contribution in [0.1, 0.15) is 124 Å². The molecular weight excluding hydrogens is 919 g/mol. The first-order valence-electron chi connectivity index (χ1n) is 23.8. The molecule has 16 nitrogen and oxygen atoms in total. The Hall–Kier alpha value is -5.49. The minimum atomic E-state index is -1.07. The second-order valence-corrected chi connectivity index (χ2v) is 20.7. The number of esters is 6. The van der Waals surface area contributed by atoms with Gasteiger partial charge in [0.05, 0.1) is 40.2 Å². The Morgan fingerprint density at radius 1 is 0.574 bits per heavy atom.